The van der Waals surface area contributed by atoms with Gasteiger partial charge in [-0.2, -0.15) is 0 Å². The van der Waals surface area contributed by atoms with Gasteiger partial charge in [0.1, 0.15) is 5.82 Å². The molecule has 0 bridgehead atoms. The second-order valence-corrected chi connectivity index (χ2v) is 8.06. The van der Waals surface area contributed by atoms with Crippen molar-refractivity contribution in [2.24, 2.45) is 0 Å². The summed E-state index contributed by atoms with van der Waals surface area (Å²) < 4.78 is 13.7. The molecule has 4 aromatic rings. The highest BCUT2D eigenvalue weighted by atomic mass is 19.1. The summed E-state index contributed by atoms with van der Waals surface area (Å²) in [7, 11) is 0. The summed E-state index contributed by atoms with van der Waals surface area (Å²) in [6.45, 7) is 2.54. The second kappa shape index (κ2) is 7.96. The lowest BCUT2D eigenvalue weighted by Crippen LogP contribution is -2.28. The van der Waals surface area contributed by atoms with Gasteiger partial charge in [0.15, 0.2) is 0 Å². The van der Waals surface area contributed by atoms with E-state index in [0.29, 0.717) is 23.2 Å². The molecule has 3 aromatic carbocycles. The van der Waals surface area contributed by atoms with E-state index in [1.54, 1.807) is 35.2 Å². The number of fused-ring (bicyclic) bond motifs is 2. The molecule has 0 saturated heterocycles. The third-order valence-corrected chi connectivity index (χ3v) is 5.97. The zero-order valence-electron chi connectivity index (χ0n) is 17.6. The quantitative estimate of drug-likeness (QED) is 0.481. The SMILES string of the molecule is Cc1[nH]c2ccc(F)cc2c1CC(=O)Nc1ccc(C(=O)N2CCc3ccccc32)cc1. The number of carbonyl (C=O) groups excluding carboxylic acids is 2. The van der Waals surface area contributed by atoms with Crippen molar-refractivity contribution in [2.45, 2.75) is 19.8 Å². The van der Waals surface area contributed by atoms with Crippen LogP contribution >= 0.6 is 0 Å². The number of carbonyl (C=O) groups is 2. The third kappa shape index (κ3) is 3.64. The van der Waals surface area contributed by atoms with E-state index < -0.39 is 0 Å². The fraction of sp³-hybridized carbons (Fsp3) is 0.154. The average molecular weight is 427 g/mol. The molecule has 160 valence electrons. The Balaban J connectivity index is 1.28. The van der Waals surface area contributed by atoms with Crippen LogP contribution in [-0.4, -0.2) is 23.3 Å². The molecule has 0 spiro atoms. The molecule has 0 unspecified atom stereocenters. The predicted molar refractivity (Wildman–Crippen MR) is 124 cm³/mol. The maximum Gasteiger partial charge on any atom is 0.258 e. The molecule has 0 fully saturated rings. The number of aryl methyl sites for hydroxylation is 1. The lowest BCUT2D eigenvalue weighted by molar-refractivity contribution is -0.115. The fourth-order valence-corrected chi connectivity index (χ4v) is 4.35. The zero-order chi connectivity index (χ0) is 22.2. The van der Waals surface area contributed by atoms with Crippen LogP contribution in [0.5, 0.6) is 0 Å². The van der Waals surface area contributed by atoms with Crippen LogP contribution in [0.15, 0.2) is 66.7 Å². The number of nitrogens with zero attached hydrogens (tertiary/aromatic N) is 1. The number of hydrogen-bond acceptors (Lipinski definition) is 2. The van der Waals surface area contributed by atoms with E-state index in [4.69, 9.17) is 0 Å². The number of amides is 2. The van der Waals surface area contributed by atoms with Crippen LogP contribution in [0.25, 0.3) is 10.9 Å². The molecule has 1 aromatic heterocycles. The van der Waals surface area contributed by atoms with Crippen LogP contribution in [-0.2, 0) is 17.6 Å². The molecular formula is C26H22FN3O2. The molecule has 5 rings (SSSR count). The monoisotopic (exact) mass is 427 g/mol. The van der Waals surface area contributed by atoms with Gasteiger partial charge in [-0.25, -0.2) is 4.39 Å². The average Bonchev–Trinajstić information content (AvgIpc) is 3.35. The highest BCUT2D eigenvalue weighted by Gasteiger charge is 2.25. The molecule has 6 heteroatoms. The smallest absolute Gasteiger partial charge is 0.258 e. The van der Waals surface area contributed by atoms with Gasteiger partial charge in [0.05, 0.1) is 6.42 Å². The highest BCUT2D eigenvalue weighted by molar-refractivity contribution is 6.07. The van der Waals surface area contributed by atoms with Crippen molar-refractivity contribution in [1.29, 1.82) is 0 Å². The van der Waals surface area contributed by atoms with Gasteiger partial charge in [-0.1, -0.05) is 18.2 Å². The van der Waals surface area contributed by atoms with Crippen molar-refractivity contribution in [3.8, 4) is 0 Å². The lowest BCUT2D eigenvalue weighted by atomic mass is 10.1. The number of aromatic amines is 1. The van der Waals surface area contributed by atoms with Crippen molar-refractivity contribution in [3.05, 3.63) is 94.9 Å². The minimum atomic E-state index is -0.334. The Morgan fingerprint density at radius 2 is 1.84 bits per heavy atom. The maximum absolute atomic E-state index is 13.7. The summed E-state index contributed by atoms with van der Waals surface area (Å²) in [6.07, 6.45) is 0.980. The second-order valence-electron chi connectivity index (χ2n) is 8.06. The summed E-state index contributed by atoms with van der Waals surface area (Å²) in [5, 5.41) is 3.58. The number of anilines is 2. The van der Waals surface area contributed by atoms with Crippen molar-refractivity contribution in [1.82, 2.24) is 4.98 Å². The fourth-order valence-electron chi connectivity index (χ4n) is 4.35. The summed E-state index contributed by atoms with van der Waals surface area (Å²) in [5.41, 5.74) is 5.74. The number of benzene rings is 3. The molecule has 0 saturated carbocycles. The van der Waals surface area contributed by atoms with E-state index in [0.717, 1.165) is 28.9 Å². The largest absolute Gasteiger partial charge is 0.358 e. The molecule has 2 heterocycles. The maximum atomic E-state index is 13.7. The van der Waals surface area contributed by atoms with Crippen LogP contribution in [0.2, 0.25) is 0 Å². The van der Waals surface area contributed by atoms with Crippen LogP contribution < -0.4 is 10.2 Å². The van der Waals surface area contributed by atoms with Crippen molar-refractivity contribution < 1.29 is 14.0 Å². The Morgan fingerprint density at radius 1 is 1.06 bits per heavy atom. The first kappa shape index (κ1) is 20.0. The molecule has 5 nitrogen and oxygen atoms in total. The summed E-state index contributed by atoms with van der Waals surface area (Å²) >= 11 is 0. The Hall–Kier alpha value is -3.93. The molecule has 0 radical (unpaired) electrons. The number of hydrogen-bond donors (Lipinski definition) is 2. The first-order valence-corrected chi connectivity index (χ1v) is 10.6. The van der Waals surface area contributed by atoms with E-state index in [9.17, 15) is 14.0 Å². The Bertz CT molecular complexity index is 1340. The Morgan fingerprint density at radius 3 is 2.66 bits per heavy atom. The third-order valence-electron chi connectivity index (χ3n) is 5.97. The minimum absolute atomic E-state index is 0.0516. The molecule has 0 aliphatic carbocycles. The molecule has 1 aliphatic heterocycles. The summed E-state index contributed by atoms with van der Waals surface area (Å²) in [6, 6.07) is 19.4. The molecule has 2 N–H and O–H groups in total. The van der Waals surface area contributed by atoms with Gasteiger partial charge in [0, 0.05) is 40.1 Å². The standard InChI is InChI=1S/C26H22FN3O2/c1-16-21(22-14-19(27)8-11-23(22)28-16)15-25(31)29-20-9-6-18(7-10-20)26(32)30-13-12-17-4-2-3-5-24(17)30/h2-11,14,28H,12-13,15H2,1H3,(H,29,31). The van der Waals surface area contributed by atoms with E-state index in [1.807, 2.05) is 31.2 Å². The van der Waals surface area contributed by atoms with Gasteiger partial charge in [-0.15, -0.1) is 0 Å². The number of aromatic nitrogens is 1. The number of halogens is 1. The first-order valence-electron chi connectivity index (χ1n) is 10.6. The number of para-hydroxylation sites is 1. The van der Waals surface area contributed by atoms with Gasteiger partial charge < -0.3 is 15.2 Å². The topological polar surface area (TPSA) is 65.2 Å². The predicted octanol–water partition coefficient (Wildman–Crippen LogP) is 5.00. The van der Waals surface area contributed by atoms with Gasteiger partial charge in [0.2, 0.25) is 5.91 Å². The van der Waals surface area contributed by atoms with Gasteiger partial charge in [0.25, 0.3) is 5.91 Å². The molecule has 2 amide bonds. The zero-order valence-corrected chi connectivity index (χ0v) is 17.6. The number of rotatable bonds is 4. The van der Waals surface area contributed by atoms with E-state index >= 15 is 0 Å². The molecule has 32 heavy (non-hydrogen) atoms. The lowest BCUT2D eigenvalue weighted by Gasteiger charge is -2.17. The normalized spacial score (nSPS) is 12.8. The minimum Gasteiger partial charge on any atom is -0.358 e. The Labute approximate surface area is 184 Å². The van der Waals surface area contributed by atoms with Gasteiger partial charge in [-0.05, 0) is 73.0 Å². The summed E-state index contributed by atoms with van der Waals surface area (Å²) in [4.78, 5) is 30.6. The summed E-state index contributed by atoms with van der Waals surface area (Å²) in [5.74, 6) is -0.589. The van der Waals surface area contributed by atoms with Crippen LogP contribution in [0.3, 0.4) is 0 Å². The van der Waals surface area contributed by atoms with Crippen LogP contribution in [0.4, 0.5) is 15.8 Å². The van der Waals surface area contributed by atoms with E-state index in [2.05, 4.69) is 10.3 Å². The van der Waals surface area contributed by atoms with Crippen molar-refractivity contribution in [2.75, 3.05) is 16.8 Å². The van der Waals surface area contributed by atoms with Gasteiger partial charge >= 0.3 is 0 Å². The highest BCUT2D eigenvalue weighted by Crippen LogP contribution is 2.29. The molecule has 1 aliphatic rings. The van der Waals surface area contributed by atoms with Crippen molar-refractivity contribution in [3.63, 3.8) is 0 Å². The van der Waals surface area contributed by atoms with E-state index in [-0.39, 0.29) is 24.1 Å². The molecular weight excluding hydrogens is 405 g/mol. The number of H-pyrrole nitrogens is 1. The first-order chi connectivity index (χ1) is 15.5. The number of nitrogens with one attached hydrogen (secondary N) is 2. The Kier molecular flexibility index (Phi) is 4.98. The van der Waals surface area contributed by atoms with Crippen LogP contribution in [0, 0.1) is 12.7 Å². The van der Waals surface area contributed by atoms with Crippen molar-refractivity contribution >= 4 is 34.1 Å². The van der Waals surface area contributed by atoms with Crippen LogP contribution in [0.1, 0.15) is 27.2 Å². The van der Waals surface area contributed by atoms with E-state index in [1.165, 1.54) is 17.7 Å². The van der Waals surface area contributed by atoms with Gasteiger partial charge in [-0.3, -0.25) is 9.59 Å². The molecule has 0 atom stereocenters.